The van der Waals surface area contributed by atoms with Gasteiger partial charge in [-0.3, -0.25) is 14.4 Å². The fraction of sp³-hybridized carbons (Fsp3) is 0.526. The third-order valence-electron chi connectivity index (χ3n) is 4.33. The van der Waals surface area contributed by atoms with E-state index < -0.39 is 6.10 Å². The van der Waals surface area contributed by atoms with Gasteiger partial charge in [-0.15, -0.1) is 0 Å². The molecule has 1 fully saturated rings. The standard InChI is InChI=1S/C19H26N2O4/c1-13(25-18(23)12-15-6-4-3-5-7-15)19(24)21-17-10-8-16(9-11-17)20-14(2)22/h8-11,13,15H,3-7,12H2,1-2H3,(H,20,22)(H,21,24)/t13-/m1/s1. The lowest BCUT2D eigenvalue weighted by molar-refractivity contribution is -0.154. The van der Waals surface area contributed by atoms with E-state index >= 15 is 0 Å². The largest absolute Gasteiger partial charge is 0.453 e. The lowest BCUT2D eigenvalue weighted by Crippen LogP contribution is -2.30. The Kier molecular flexibility index (Phi) is 6.98. The Morgan fingerprint density at radius 2 is 1.60 bits per heavy atom. The number of benzene rings is 1. The maximum atomic E-state index is 12.1. The van der Waals surface area contributed by atoms with Crippen LogP contribution in [-0.2, 0) is 19.1 Å². The molecule has 0 bridgehead atoms. The molecule has 2 N–H and O–H groups in total. The van der Waals surface area contributed by atoms with Crippen LogP contribution in [0.4, 0.5) is 11.4 Å². The minimum Gasteiger partial charge on any atom is -0.453 e. The first kappa shape index (κ1) is 19.0. The Bertz CT molecular complexity index is 606. The summed E-state index contributed by atoms with van der Waals surface area (Å²) in [7, 11) is 0. The summed E-state index contributed by atoms with van der Waals surface area (Å²) in [5, 5.41) is 5.35. The predicted octanol–water partition coefficient (Wildman–Crippen LogP) is 3.49. The average Bonchev–Trinajstić information content (AvgIpc) is 2.57. The summed E-state index contributed by atoms with van der Waals surface area (Å²) in [6.45, 7) is 3.00. The van der Waals surface area contributed by atoms with Gasteiger partial charge in [-0.25, -0.2) is 0 Å². The van der Waals surface area contributed by atoms with E-state index in [1.165, 1.54) is 26.2 Å². The van der Waals surface area contributed by atoms with Gasteiger partial charge in [0.25, 0.3) is 5.91 Å². The number of hydrogen-bond donors (Lipinski definition) is 2. The van der Waals surface area contributed by atoms with Crippen molar-refractivity contribution < 1.29 is 19.1 Å². The van der Waals surface area contributed by atoms with Crippen LogP contribution < -0.4 is 10.6 Å². The molecule has 1 aliphatic rings. The molecule has 136 valence electrons. The van der Waals surface area contributed by atoms with Gasteiger partial charge in [-0.05, 0) is 49.9 Å². The number of carbonyl (C=O) groups is 3. The molecule has 0 heterocycles. The third-order valence-corrected chi connectivity index (χ3v) is 4.33. The predicted molar refractivity (Wildman–Crippen MR) is 96.1 cm³/mol. The molecule has 0 unspecified atom stereocenters. The third kappa shape index (κ3) is 6.57. The van der Waals surface area contributed by atoms with Gasteiger partial charge in [0, 0.05) is 24.7 Å². The van der Waals surface area contributed by atoms with Crippen molar-refractivity contribution in [2.45, 2.75) is 58.5 Å². The van der Waals surface area contributed by atoms with E-state index in [-0.39, 0.29) is 17.8 Å². The normalized spacial score (nSPS) is 15.9. The van der Waals surface area contributed by atoms with Crippen LogP contribution in [0.1, 0.15) is 52.4 Å². The van der Waals surface area contributed by atoms with E-state index in [1.807, 2.05) is 0 Å². The summed E-state index contributed by atoms with van der Waals surface area (Å²) in [5.41, 5.74) is 1.23. The quantitative estimate of drug-likeness (QED) is 0.772. The molecule has 1 aliphatic carbocycles. The van der Waals surface area contributed by atoms with E-state index in [2.05, 4.69) is 10.6 Å². The van der Waals surface area contributed by atoms with Gasteiger partial charge in [0.05, 0.1) is 0 Å². The second kappa shape index (κ2) is 9.20. The highest BCUT2D eigenvalue weighted by Gasteiger charge is 2.22. The molecule has 6 nitrogen and oxygen atoms in total. The van der Waals surface area contributed by atoms with Crippen molar-refractivity contribution >= 4 is 29.2 Å². The van der Waals surface area contributed by atoms with E-state index in [4.69, 9.17) is 4.74 Å². The number of amides is 2. The van der Waals surface area contributed by atoms with Gasteiger partial charge >= 0.3 is 5.97 Å². The first-order chi connectivity index (χ1) is 11.9. The average molecular weight is 346 g/mol. The number of carbonyl (C=O) groups excluding carboxylic acids is 3. The van der Waals surface area contributed by atoms with Gasteiger partial charge in [-0.2, -0.15) is 0 Å². The second-order valence-electron chi connectivity index (χ2n) is 6.59. The molecule has 0 aromatic heterocycles. The first-order valence-corrected chi connectivity index (χ1v) is 8.82. The van der Waals surface area contributed by atoms with Crippen LogP contribution in [0, 0.1) is 5.92 Å². The van der Waals surface area contributed by atoms with Gasteiger partial charge in [-0.1, -0.05) is 19.3 Å². The second-order valence-corrected chi connectivity index (χ2v) is 6.59. The van der Waals surface area contributed by atoms with Crippen LogP contribution in [0.5, 0.6) is 0 Å². The fourth-order valence-corrected chi connectivity index (χ4v) is 3.01. The lowest BCUT2D eigenvalue weighted by Gasteiger charge is -2.21. The Morgan fingerprint density at radius 1 is 1.04 bits per heavy atom. The molecule has 2 amide bonds. The molecular weight excluding hydrogens is 320 g/mol. The van der Waals surface area contributed by atoms with Crippen LogP contribution in [0.25, 0.3) is 0 Å². The van der Waals surface area contributed by atoms with E-state index in [9.17, 15) is 14.4 Å². The zero-order valence-electron chi connectivity index (χ0n) is 14.8. The highest BCUT2D eigenvalue weighted by molar-refractivity contribution is 5.95. The summed E-state index contributed by atoms with van der Waals surface area (Å²) in [4.78, 5) is 35.1. The number of ether oxygens (including phenoxy) is 1. The molecule has 0 saturated heterocycles. The summed E-state index contributed by atoms with van der Waals surface area (Å²) >= 11 is 0. The minimum absolute atomic E-state index is 0.157. The van der Waals surface area contributed by atoms with Crippen molar-refractivity contribution in [2.75, 3.05) is 10.6 Å². The molecule has 6 heteroatoms. The number of rotatable bonds is 6. The van der Waals surface area contributed by atoms with Crippen LogP contribution in [0.3, 0.4) is 0 Å². The monoisotopic (exact) mass is 346 g/mol. The number of esters is 1. The molecule has 0 aliphatic heterocycles. The van der Waals surface area contributed by atoms with Crippen molar-refractivity contribution in [3.05, 3.63) is 24.3 Å². The molecule has 1 aromatic rings. The molecule has 1 aromatic carbocycles. The van der Waals surface area contributed by atoms with Crippen molar-refractivity contribution in [3.8, 4) is 0 Å². The molecule has 0 spiro atoms. The van der Waals surface area contributed by atoms with E-state index in [0.717, 1.165) is 12.8 Å². The maximum Gasteiger partial charge on any atom is 0.306 e. The molecule has 1 atom stereocenters. The molecular formula is C19H26N2O4. The highest BCUT2D eigenvalue weighted by Crippen LogP contribution is 2.26. The highest BCUT2D eigenvalue weighted by atomic mass is 16.5. The zero-order chi connectivity index (χ0) is 18.2. The molecule has 2 rings (SSSR count). The lowest BCUT2D eigenvalue weighted by atomic mass is 9.87. The summed E-state index contributed by atoms with van der Waals surface area (Å²) < 4.78 is 5.26. The summed E-state index contributed by atoms with van der Waals surface area (Å²) in [6, 6.07) is 6.74. The van der Waals surface area contributed by atoms with Crippen molar-refractivity contribution in [1.82, 2.24) is 0 Å². The molecule has 25 heavy (non-hydrogen) atoms. The maximum absolute atomic E-state index is 12.1. The fourth-order valence-electron chi connectivity index (χ4n) is 3.01. The van der Waals surface area contributed by atoms with E-state index in [1.54, 1.807) is 31.2 Å². The Balaban J connectivity index is 1.78. The number of hydrogen-bond acceptors (Lipinski definition) is 4. The molecule has 1 saturated carbocycles. The van der Waals surface area contributed by atoms with Gasteiger partial charge in [0.1, 0.15) is 0 Å². The van der Waals surface area contributed by atoms with Gasteiger partial charge < -0.3 is 15.4 Å². The van der Waals surface area contributed by atoms with Crippen LogP contribution in [0.15, 0.2) is 24.3 Å². The van der Waals surface area contributed by atoms with Crippen LogP contribution in [0.2, 0.25) is 0 Å². The SMILES string of the molecule is CC(=O)Nc1ccc(NC(=O)[C@@H](C)OC(=O)CC2CCCCC2)cc1. The summed E-state index contributed by atoms with van der Waals surface area (Å²) in [6.07, 6.45) is 5.26. The Morgan fingerprint density at radius 3 is 2.16 bits per heavy atom. The van der Waals surface area contributed by atoms with Crippen molar-refractivity contribution in [1.29, 1.82) is 0 Å². The van der Waals surface area contributed by atoms with Gasteiger partial charge in [0.15, 0.2) is 6.10 Å². The first-order valence-electron chi connectivity index (χ1n) is 8.82. The van der Waals surface area contributed by atoms with Crippen LogP contribution >= 0.6 is 0 Å². The van der Waals surface area contributed by atoms with Gasteiger partial charge in [0.2, 0.25) is 5.91 Å². The number of nitrogens with one attached hydrogen (secondary N) is 2. The van der Waals surface area contributed by atoms with Crippen molar-refractivity contribution in [3.63, 3.8) is 0 Å². The van der Waals surface area contributed by atoms with Crippen molar-refractivity contribution in [2.24, 2.45) is 5.92 Å². The topological polar surface area (TPSA) is 84.5 Å². The zero-order valence-corrected chi connectivity index (χ0v) is 14.8. The number of anilines is 2. The summed E-state index contributed by atoms with van der Waals surface area (Å²) in [5.74, 6) is -0.451. The van der Waals surface area contributed by atoms with E-state index in [0.29, 0.717) is 23.7 Å². The van der Waals surface area contributed by atoms with Crippen LogP contribution in [-0.4, -0.2) is 23.9 Å². The smallest absolute Gasteiger partial charge is 0.306 e. The minimum atomic E-state index is -0.842. The Labute approximate surface area is 148 Å². The molecule has 0 radical (unpaired) electrons. The Hall–Kier alpha value is -2.37.